The summed E-state index contributed by atoms with van der Waals surface area (Å²) in [5, 5.41) is 12.0. The number of nitro benzene ring substituents is 1. The summed E-state index contributed by atoms with van der Waals surface area (Å²) in [6.07, 6.45) is 4.91. The number of carbonyl (C=O) groups excluding carboxylic acids is 2. The minimum Gasteiger partial charge on any atom is -0.489 e. The van der Waals surface area contributed by atoms with Crippen molar-refractivity contribution in [3.8, 4) is 5.75 Å². The van der Waals surface area contributed by atoms with Crippen LogP contribution in [0.4, 0.5) is 11.4 Å². The zero-order valence-corrected chi connectivity index (χ0v) is 27.5. The molecule has 0 unspecified atom stereocenters. The molecule has 238 valence electrons. The number of carbonyl (C=O) groups is 2. The average Bonchev–Trinajstić information content (AvgIpc) is 2.92. The minimum absolute atomic E-state index is 0.00634. The first kappa shape index (κ1) is 37.1. The third-order valence-corrected chi connectivity index (χ3v) is 11.5. The Balaban J connectivity index is 3.54. The van der Waals surface area contributed by atoms with E-state index in [1.165, 1.54) is 11.0 Å². The number of anilines is 1. The standard InChI is InChI=1S/C30H50N2O9Si/c1-9-12-14-28(33)40-23-31(21-29(34)39-16-13-10-2)26-19-24(22-41-42(7,8)30(4,5)6)25(32(35)36)20-27(26)38-18-17-37-15-11-3/h11,19-20H,3,9-10,12-18,21-23H2,1-2,4-8H3. The normalized spacial score (nSPS) is 11.6. The summed E-state index contributed by atoms with van der Waals surface area (Å²) >= 11 is 0. The van der Waals surface area contributed by atoms with Gasteiger partial charge in [-0.05, 0) is 37.0 Å². The largest absolute Gasteiger partial charge is 0.489 e. The van der Waals surface area contributed by atoms with Gasteiger partial charge in [0.15, 0.2) is 15.0 Å². The molecule has 0 heterocycles. The number of ether oxygens (including phenoxy) is 4. The Hall–Kier alpha value is -2.96. The van der Waals surface area contributed by atoms with E-state index in [-0.39, 0.29) is 62.6 Å². The summed E-state index contributed by atoms with van der Waals surface area (Å²) in [5.41, 5.74) is 0.482. The van der Waals surface area contributed by atoms with Crippen LogP contribution in [0.15, 0.2) is 24.8 Å². The van der Waals surface area contributed by atoms with Crippen LogP contribution in [0.2, 0.25) is 18.1 Å². The highest BCUT2D eigenvalue weighted by Crippen LogP contribution is 2.40. The Bertz CT molecular complexity index is 1020. The fraction of sp³-hybridized carbons (Fsp3) is 0.667. The van der Waals surface area contributed by atoms with Crippen LogP contribution in [-0.2, 0) is 34.8 Å². The second-order valence-electron chi connectivity index (χ2n) is 11.5. The lowest BCUT2D eigenvalue weighted by molar-refractivity contribution is -0.385. The number of hydrogen-bond acceptors (Lipinski definition) is 10. The van der Waals surface area contributed by atoms with Crippen LogP contribution >= 0.6 is 0 Å². The van der Waals surface area contributed by atoms with Crippen LogP contribution in [0.5, 0.6) is 5.75 Å². The second kappa shape index (κ2) is 18.5. The Labute approximate surface area is 251 Å². The van der Waals surface area contributed by atoms with Crippen LogP contribution in [-0.4, -0.2) is 64.9 Å². The van der Waals surface area contributed by atoms with Crippen LogP contribution in [0.25, 0.3) is 0 Å². The number of rotatable bonds is 21. The van der Waals surface area contributed by atoms with Crippen LogP contribution in [0, 0.1) is 10.1 Å². The van der Waals surface area contributed by atoms with Crippen molar-refractivity contribution in [2.45, 2.75) is 91.5 Å². The molecule has 0 saturated heterocycles. The van der Waals surface area contributed by atoms with Gasteiger partial charge < -0.3 is 28.3 Å². The van der Waals surface area contributed by atoms with Crippen molar-refractivity contribution in [1.29, 1.82) is 0 Å². The maximum atomic E-state index is 12.8. The first-order chi connectivity index (χ1) is 19.8. The molecule has 0 atom stereocenters. The molecule has 0 aromatic heterocycles. The SMILES string of the molecule is C=CCOCCOc1cc([N+](=O)[O-])c(CO[Si](C)(C)C(C)(C)C)cc1N(COC(=O)CCCC)CC(=O)OCCCC. The van der Waals surface area contributed by atoms with Gasteiger partial charge in [-0.3, -0.25) is 19.7 Å². The fourth-order valence-electron chi connectivity index (χ4n) is 3.38. The maximum Gasteiger partial charge on any atom is 0.325 e. The molecule has 1 aromatic carbocycles. The van der Waals surface area contributed by atoms with E-state index in [0.29, 0.717) is 30.7 Å². The van der Waals surface area contributed by atoms with Gasteiger partial charge in [0.05, 0.1) is 48.7 Å². The summed E-state index contributed by atoms with van der Waals surface area (Å²) in [6.45, 7) is 18.3. The predicted octanol–water partition coefficient (Wildman–Crippen LogP) is 6.54. The highest BCUT2D eigenvalue weighted by atomic mass is 28.4. The molecule has 0 saturated carbocycles. The molecule has 0 radical (unpaired) electrons. The van der Waals surface area contributed by atoms with Gasteiger partial charge in [0, 0.05) is 6.42 Å². The highest BCUT2D eigenvalue weighted by Gasteiger charge is 2.38. The van der Waals surface area contributed by atoms with E-state index in [1.807, 2.05) is 13.8 Å². The quantitative estimate of drug-likeness (QED) is 0.0288. The number of esters is 2. The lowest BCUT2D eigenvalue weighted by Crippen LogP contribution is -2.40. The molecular weight excluding hydrogens is 560 g/mol. The number of hydrogen-bond donors (Lipinski definition) is 0. The van der Waals surface area contributed by atoms with Crippen LogP contribution in [0.1, 0.15) is 72.3 Å². The molecule has 0 amide bonds. The molecule has 12 heteroatoms. The first-order valence-electron chi connectivity index (χ1n) is 14.6. The monoisotopic (exact) mass is 610 g/mol. The van der Waals surface area contributed by atoms with E-state index >= 15 is 0 Å². The summed E-state index contributed by atoms with van der Waals surface area (Å²) < 4.78 is 28.5. The number of unbranched alkanes of at least 4 members (excludes halogenated alkanes) is 2. The van der Waals surface area contributed by atoms with Crippen molar-refractivity contribution in [1.82, 2.24) is 0 Å². The summed E-state index contributed by atoms with van der Waals surface area (Å²) in [7, 11) is -2.26. The van der Waals surface area contributed by atoms with Crippen molar-refractivity contribution >= 4 is 31.6 Å². The molecular formula is C30H50N2O9Si. The predicted molar refractivity (Wildman–Crippen MR) is 165 cm³/mol. The Morgan fingerprint density at radius 2 is 1.74 bits per heavy atom. The van der Waals surface area contributed by atoms with Gasteiger partial charge in [0.25, 0.3) is 5.69 Å². The number of nitrogens with zero attached hydrogens (tertiary/aromatic N) is 2. The third-order valence-electron chi connectivity index (χ3n) is 7.01. The smallest absolute Gasteiger partial charge is 0.325 e. The van der Waals surface area contributed by atoms with E-state index in [1.54, 1.807) is 12.1 Å². The average molecular weight is 611 g/mol. The number of nitro groups is 1. The van der Waals surface area contributed by atoms with Crippen molar-refractivity contribution in [3.05, 3.63) is 40.5 Å². The van der Waals surface area contributed by atoms with E-state index in [9.17, 15) is 19.7 Å². The molecule has 0 aliphatic heterocycles. The molecule has 0 aliphatic rings. The molecule has 0 spiro atoms. The van der Waals surface area contributed by atoms with Crippen molar-refractivity contribution in [2.24, 2.45) is 0 Å². The van der Waals surface area contributed by atoms with E-state index in [4.69, 9.17) is 23.4 Å². The van der Waals surface area contributed by atoms with Gasteiger partial charge in [-0.2, -0.15) is 0 Å². The van der Waals surface area contributed by atoms with Crippen molar-refractivity contribution in [3.63, 3.8) is 0 Å². The summed E-state index contributed by atoms with van der Waals surface area (Å²) in [4.78, 5) is 38.3. The summed E-state index contributed by atoms with van der Waals surface area (Å²) in [6, 6.07) is 2.89. The van der Waals surface area contributed by atoms with Crippen molar-refractivity contribution < 1.29 is 37.9 Å². The zero-order valence-electron chi connectivity index (χ0n) is 26.5. The Kier molecular flexibility index (Phi) is 16.4. The van der Waals surface area contributed by atoms with Gasteiger partial charge in [0.1, 0.15) is 18.9 Å². The number of benzene rings is 1. The lowest BCUT2D eigenvalue weighted by atomic mass is 10.1. The van der Waals surface area contributed by atoms with Gasteiger partial charge in [-0.25, -0.2) is 0 Å². The molecule has 42 heavy (non-hydrogen) atoms. The molecule has 0 fully saturated rings. The topological polar surface area (TPSA) is 127 Å². The van der Waals surface area contributed by atoms with E-state index < -0.39 is 25.2 Å². The second-order valence-corrected chi connectivity index (χ2v) is 16.3. The summed E-state index contributed by atoms with van der Waals surface area (Å²) in [5.74, 6) is -0.790. The van der Waals surface area contributed by atoms with E-state index in [2.05, 4.69) is 40.4 Å². The Morgan fingerprint density at radius 1 is 1.05 bits per heavy atom. The maximum absolute atomic E-state index is 12.8. The Morgan fingerprint density at radius 3 is 2.33 bits per heavy atom. The van der Waals surface area contributed by atoms with Crippen LogP contribution < -0.4 is 9.64 Å². The van der Waals surface area contributed by atoms with Crippen LogP contribution in [0.3, 0.4) is 0 Å². The van der Waals surface area contributed by atoms with Gasteiger partial charge in [-0.1, -0.05) is 53.5 Å². The molecule has 11 nitrogen and oxygen atoms in total. The zero-order chi connectivity index (χ0) is 31.8. The molecule has 1 rings (SSSR count). The van der Waals surface area contributed by atoms with Gasteiger partial charge >= 0.3 is 11.9 Å². The van der Waals surface area contributed by atoms with Gasteiger partial charge in [0.2, 0.25) is 0 Å². The third kappa shape index (κ3) is 12.9. The first-order valence-corrected chi connectivity index (χ1v) is 17.5. The fourth-order valence-corrected chi connectivity index (χ4v) is 4.33. The van der Waals surface area contributed by atoms with E-state index in [0.717, 1.165) is 12.8 Å². The lowest BCUT2D eigenvalue weighted by Gasteiger charge is -2.36. The highest BCUT2D eigenvalue weighted by molar-refractivity contribution is 6.74. The van der Waals surface area contributed by atoms with Gasteiger partial charge in [-0.15, -0.1) is 6.58 Å². The molecule has 0 bridgehead atoms. The van der Waals surface area contributed by atoms with Crippen molar-refractivity contribution in [2.75, 3.05) is 44.6 Å². The molecule has 1 aromatic rings. The molecule has 0 N–H and O–H groups in total. The molecule has 0 aliphatic carbocycles. The minimum atomic E-state index is -2.26.